The molecule has 0 saturated heterocycles. The zero-order chi connectivity index (χ0) is 18.6. The van der Waals surface area contributed by atoms with E-state index in [1.165, 1.54) is 0 Å². The van der Waals surface area contributed by atoms with Crippen LogP contribution in [0.15, 0.2) is 0 Å². The maximum atomic E-state index is 12.3. The van der Waals surface area contributed by atoms with Crippen LogP contribution in [0.3, 0.4) is 0 Å². The molecule has 1 aromatic carbocycles. The van der Waals surface area contributed by atoms with Crippen LogP contribution in [0.25, 0.3) is 0 Å². The molecule has 126 valence electrons. The highest BCUT2D eigenvalue weighted by molar-refractivity contribution is 14.1. The van der Waals surface area contributed by atoms with E-state index in [0.29, 0.717) is 0 Å². The van der Waals surface area contributed by atoms with Crippen molar-refractivity contribution in [1.29, 1.82) is 0 Å². The Hall–Kier alpha value is -0.100. The Morgan fingerprint density at radius 3 is 1.33 bits per heavy atom. The molecule has 0 amide bonds. The largest absolute Gasteiger partial charge is 0.436 e. The average Bonchev–Trinajstić information content (AvgIpc) is 2.54. The molecule has 0 radical (unpaired) electrons. The highest BCUT2D eigenvalue weighted by Crippen LogP contribution is 2.42. The molecule has 0 heterocycles. The van der Waals surface area contributed by atoms with Crippen molar-refractivity contribution in [3.8, 4) is 24.7 Å². The van der Waals surface area contributed by atoms with Gasteiger partial charge in [0.15, 0.2) is 0 Å². The molecule has 0 saturated carbocycles. The lowest BCUT2D eigenvalue weighted by atomic mass is 10.1. The summed E-state index contributed by atoms with van der Waals surface area (Å²) in [5.74, 6) is 2.32. The molecule has 1 rings (SSSR count). The van der Waals surface area contributed by atoms with E-state index in [1.807, 2.05) is 0 Å². The van der Waals surface area contributed by atoms with Crippen molar-refractivity contribution in [2.45, 2.75) is 8.22 Å². The number of carbonyl (C=O) groups excluding carboxylic acids is 2. The van der Waals surface area contributed by atoms with Crippen LogP contribution in [0.5, 0.6) is 0 Å². The van der Waals surface area contributed by atoms with Gasteiger partial charge >= 0.3 is 11.9 Å². The molecule has 0 aromatic heterocycles. The lowest BCUT2D eigenvalue weighted by molar-refractivity contribution is 0.0490. The molecule has 4 nitrogen and oxygen atoms in total. The molecular weight excluding hydrogens is 628 g/mol. The van der Waals surface area contributed by atoms with Gasteiger partial charge in [0.2, 0.25) is 8.22 Å². The maximum Gasteiger partial charge on any atom is 0.342 e. The topological polar surface area (TPSA) is 52.6 Å². The van der Waals surface area contributed by atoms with Crippen LogP contribution >= 0.6 is 91.6 Å². The van der Waals surface area contributed by atoms with Crippen LogP contribution in [0.1, 0.15) is 20.7 Å². The standard InChI is InChI=1S/C14H4Cl4I2O4/c1-3-5(19)23-13(21)7-8(14(22)24-6(20)4-2)10(16)12(18)11(17)9(7)15/h1-2,5-6H. The summed E-state index contributed by atoms with van der Waals surface area (Å²) in [5, 5.41) is -1.09. The minimum Gasteiger partial charge on any atom is -0.436 e. The lowest BCUT2D eigenvalue weighted by Gasteiger charge is -2.16. The smallest absolute Gasteiger partial charge is 0.342 e. The molecule has 1 aromatic rings. The van der Waals surface area contributed by atoms with Crippen LogP contribution in [0.4, 0.5) is 0 Å². The van der Waals surface area contributed by atoms with E-state index >= 15 is 0 Å². The Morgan fingerprint density at radius 1 is 0.792 bits per heavy atom. The van der Waals surface area contributed by atoms with Crippen LogP contribution in [0.2, 0.25) is 20.1 Å². The van der Waals surface area contributed by atoms with E-state index in [1.54, 1.807) is 45.2 Å². The number of benzene rings is 1. The van der Waals surface area contributed by atoms with Gasteiger partial charge < -0.3 is 9.47 Å². The first-order chi connectivity index (χ1) is 11.1. The zero-order valence-electron chi connectivity index (χ0n) is 11.2. The number of hydrogen-bond donors (Lipinski definition) is 0. The first-order valence-corrected chi connectivity index (χ1v) is 9.64. The summed E-state index contributed by atoms with van der Waals surface area (Å²) in [6, 6.07) is 0. The van der Waals surface area contributed by atoms with E-state index in [-0.39, 0.29) is 20.1 Å². The van der Waals surface area contributed by atoms with Crippen LogP contribution in [0, 0.1) is 24.7 Å². The summed E-state index contributed by atoms with van der Waals surface area (Å²) < 4.78 is 8.09. The zero-order valence-corrected chi connectivity index (χ0v) is 18.5. The summed E-state index contributed by atoms with van der Waals surface area (Å²) >= 11 is 27.3. The molecule has 0 aliphatic carbocycles. The molecule has 24 heavy (non-hydrogen) atoms. The fourth-order valence-electron chi connectivity index (χ4n) is 1.39. The van der Waals surface area contributed by atoms with Crippen molar-refractivity contribution in [2.75, 3.05) is 0 Å². The second-order valence-corrected chi connectivity index (χ2v) is 7.56. The first kappa shape index (κ1) is 21.9. The number of terminal acetylenes is 2. The van der Waals surface area contributed by atoms with Gasteiger partial charge in [-0.15, -0.1) is 12.8 Å². The Bertz CT molecular complexity index is 718. The van der Waals surface area contributed by atoms with Crippen molar-refractivity contribution >= 4 is 104 Å². The van der Waals surface area contributed by atoms with E-state index < -0.39 is 31.3 Å². The third-order valence-electron chi connectivity index (χ3n) is 2.36. The Labute approximate surface area is 185 Å². The summed E-state index contributed by atoms with van der Waals surface area (Å²) in [5.41, 5.74) is -0.836. The third-order valence-corrected chi connectivity index (χ3v) is 5.39. The molecule has 0 fully saturated rings. The summed E-state index contributed by atoms with van der Waals surface area (Å²) in [6.07, 6.45) is 10.3. The highest BCUT2D eigenvalue weighted by Gasteiger charge is 2.32. The van der Waals surface area contributed by atoms with Gasteiger partial charge in [-0.25, -0.2) is 9.59 Å². The van der Waals surface area contributed by atoms with Crippen LogP contribution in [-0.4, -0.2) is 20.2 Å². The van der Waals surface area contributed by atoms with Gasteiger partial charge in [-0.1, -0.05) is 58.2 Å². The van der Waals surface area contributed by atoms with Crippen molar-refractivity contribution in [3.05, 3.63) is 31.2 Å². The number of rotatable bonds is 4. The maximum absolute atomic E-state index is 12.3. The van der Waals surface area contributed by atoms with Gasteiger partial charge in [-0.3, -0.25) is 0 Å². The number of carbonyl (C=O) groups is 2. The molecule has 0 N–H and O–H groups in total. The van der Waals surface area contributed by atoms with Crippen molar-refractivity contribution in [2.24, 2.45) is 0 Å². The summed E-state index contributed by atoms with van der Waals surface area (Å²) in [4.78, 5) is 24.6. The molecule has 0 aliphatic rings. The Balaban J connectivity index is 3.56. The molecule has 2 atom stereocenters. The fraction of sp³-hybridized carbons (Fsp3) is 0.143. The third kappa shape index (κ3) is 4.96. The fourth-order valence-corrected chi connectivity index (χ4v) is 2.86. The van der Waals surface area contributed by atoms with E-state index in [2.05, 4.69) is 11.8 Å². The molecule has 2 unspecified atom stereocenters. The van der Waals surface area contributed by atoms with Crippen molar-refractivity contribution < 1.29 is 19.1 Å². The van der Waals surface area contributed by atoms with Crippen molar-refractivity contribution in [3.63, 3.8) is 0 Å². The van der Waals surface area contributed by atoms with Gasteiger partial charge in [0, 0.05) is 0 Å². The predicted octanol–water partition coefficient (Wildman–Crippen LogP) is 5.40. The molecular formula is C14H4Cl4I2O4. The number of alkyl halides is 2. The second kappa shape index (κ2) is 9.56. The number of esters is 2. The van der Waals surface area contributed by atoms with E-state index in [9.17, 15) is 9.59 Å². The quantitative estimate of drug-likeness (QED) is 0.112. The number of hydrogen-bond acceptors (Lipinski definition) is 4. The SMILES string of the molecule is C#CC(I)OC(=O)c1c(Cl)c(Cl)c(Cl)c(Cl)c1C(=O)OC(I)C#C. The van der Waals surface area contributed by atoms with Gasteiger partial charge in [0.05, 0.1) is 31.2 Å². The Kier molecular flexibility index (Phi) is 8.74. The summed E-state index contributed by atoms with van der Waals surface area (Å²) in [7, 11) is 0. The first-order valence-electron chi connectivity index (χ1n) is 5.63. The van der Waals surface area contributed by atoms with Crippen molar-refractivity contribution in [1.82, 2.24) is 0 Å². The molecule has 0 spiro atoms. The number of halogens is 6. The van der Waals surface area contributed by atoms with Gasteiger partial charge in [0.25, 0.3) is 0 Å². The average molecular weight is 632 g/mol. The predicted molar refractivity (Wildman–Crippen MR) is 111 cm³/mol. The van der Waals surface area contributed by atoms with Crippen LogP contribution < -0.4 is 0 Å². The minimum absolute atomic E-state index is 0.222. The minimum atomic E-state index is -1.02. The highest BCUT2D eigenvalue weighted by atomic mass is 127. The molecule has 10 heteroatoms. The normalized spacial score (nSPS) is 12.5. The molecule has 0 bridgehead atoms. The van der Waals surface area contributed by atoms with E-state index in [0.717, 1.165) is 0 Å². The lowest BCUT2D eigenvalue weighted by Crippen LogP contribution is -2.19. The summed E-state index contributed by atoms with van der Waals surface area (Å²) in [6.45, 7) is 0. The molecule has 0 aliphatic heterocycles. The van der Waals surface area contributed by atoms with Gasteiger partial charge in [-0.05, 0) is 45.2 Å². The van der Waals surface area contributed by atoms with Crippen LogP contribution in [-0.2, 0) is 9.47 Å². The van der Waals surface area contributed by atoms with Gasteiger partial charge in [-0.2, -0.15) is 0 Å². The number of ether oxygens (including phenoxy) is 2. The van der Waals surface area contributed by atoms with Gasteiger partial charge in [0.1, 0.15) is 0 Å². The Morgan fingerprint density at radius 2 is 1.08 bits per heavy atom. The monoisotopic (exact) mass is 630 g/mol. The van der Waals surface area contributed by atoms with E-state index in [4.69, 9.17) is 68.7 Å². The second-order valence-electron chi connectivity index (χ2n) is 3.78.